The molecule has 0 saturated carbocycles. The molecule has 2 N–H and O–H groups in total. The lowest BCUT2D eigenvalue weighted by Gasteiger charge is -2.23. The number of rotatable bonds is 1. The lowest BCUT2D eigenvalue weighted by Crippen LogP contribution is -2.20. The topological polar surface area (TPSA) is 56.7 Å². The Balaban J connectivity index is 1.81. The van der Waals surface area contributed by atoms with Gasteiger partial charge in [-0.3, -0.25) is 0 Å². The molecule has 0 saturated heterocycles. The average Bonchev–Trinajstić information content (AvgIpc) is 2.77. The van der Waals surface area contributed by atoms with Crippen LogP contribution >= 0.6 is 0 Å². The van der Waals surface area contributed by atoms with Gasteiger partial charge in [-0.2, -0.15) is 18.2 Å². The maximum atomic E-state index is 12.5. The monoisotopic (exact) mass is 282 g/mol. The van der Waals surface area contributed by atoms with Crippen molar-refractivity contribution in [2.45, 2.75) is 31.5 Å². The van der Waals surface area contributed by atoms with E-state index in [0.29, 0.717) is 6.54 Å². The Labute approximate surface area is 113 Å². The minimum absolute atomic E-state index is 0.144. The standard InChI is InChI=1S/C13H13F3N4/c14-13(15,16)10-4-1-8(2-5-10)9-3-6-11-18-12(17)19-20(11)7-9/h1-2,4-5,9H,3,6-7H2,(H2,17,19). The molecule has 0 aliphatic carbocycles. The molecule has 1 aliphatic heterocycles. The van der Waals surface area contributed by atoms with Crippen molar-refractivity contribution in [1.82, 2.24) is 14.8 Å². The Morgan fingerprint density at radius 3 is 2.55 bits per heavy atom. The molecule has 2 aromatic rings. The Morgan fingerprint density at radius 1 is 1.20 bits per heavy atom. The maximum Gasteiger partial charge on any atom is 0.416 e. The van der Waals surface area contributed by atoms with Crippen molar-refractivity contribution < 1.29 is 13.2 Å². The quantitative estimate of drug-likeness (QED) is 0.874. The molecule has 1 unspecified atom stereocenters. The zero-order chi connectivity index (χ0) is 14.3. The first-order chi connectivity index (χ1) is 9.43. The van der Waals surface area contributed by atoms with Gasteiger partial charge in [0.15, 0.2) is 0 Å². The normalized spacial score (nSPS) is 18.9. The fourth-order valence-corrected chi connectivity index (χ4v) is 2.54. The first kappa shape index (κ1) is 13.0. The molecule has 1 aliphatic rings. The zero-order valence-corrected chi connectivity index (χ0v) is 10.6. The van der Waals surface area contributed by atoms with E-state index in [0.717, 1.165) is 36.4 Å². The highest BCUT2D eigenvalue weighted by Gasteiger charge is 2.30. The van der Waals surface area contributed by atoms with Crippen LogP contribution in [0.5, 0.6) is 0 Å². The van der Waals surface area contributed by atoms with Gasteiger partial charge in [0.1, 0.15) is 5.82 Å². The van der Waals surface area contributed by atoms with Crippen LogP contribution in [0, 0.1) is 0 Å². The second-order valence-electron chi connectivity index (χ2n) is 4.92. The number of anilines is 1. The van der Waals surface area contributed by atoms with Gasteiger partial charge < -0.3 is 5.73 Å². The minimum atomic E-state index is -4.29. The lowest BCUT2D eigenvalue weighted by atomic mass is 9.91. The Bertz CT molecular complexity index is 616. The summed E-state index contributed by atoms with van der Waals surface area (Å²) in [4.78, 5) is 4.11. The summed E-state index contributed by atoms with van der Waals surface area (Å²) >= 11 is 0. The van der Waals surface area contributed by atoms with Crippen molar-refractivity contribution >= 4 is 5.95 Å². The van der Waals surface area contributed by atoms with Crippen LogP contribution in [-0.4, -0.2) is 14.8 Å². The number of aromatic nitrogens is 3. The van der Waals surface area contributed by atoms with E-state index in [1.54, 1.807) is 16.8 Å². The third-order valence-electron chi connectivity index (χ3n) is 3.58. The molecule has 1 atom stereocenters. The van der Waals surface area contributed by atoms with Gasteiger partial charge in [-0.05, 0) is 24.1 Å². The molecule has 1 aromatic carbocycles. The summed E-state index contributed by atoms with van der Waals surface area (Å²) in [5.41, 5.74) is 5.81. The van der Waals surface area contributed by atoms with Gasteiger partial charge in [0.2, 0.25) is 5.95 Å². The van der Waals surface area contributed by atoms with Crippen molar-refractivity contribution in [3.8, 4) is 0 Å². The number of halogens is 3. The van der Waals surface area contributed by atoms with E-state index >= 15 is 0 Å². The van der Waals surface area contributed by atoms with E-state index in [9.17, 15) is 13.2 Å². The highest BCUT2D eigenvalue weighted by atomic mass is 19.4. The molecule has 0 radical (unpaired) electrons. The van der Waals surface area contributed by atoms with Crippen LogP contribution in [0.1, 0.15) is 29.3 Å². The van der Waals surface area contributed by atoms with Gasteiger partial charge in [0.25, 0.3) is 0 Å². The van der Waals surface area contributed by atoms with Crippen LogP contribution in [0.25, 0.3) is 0 Å². The molecule has 0 amide bonds. The fourth-order valence-electron chi connectivity index (χ4n) is 2.54. The SMILES string of the molecule is Nc1nc2n(n1)CC(c1ccc(C(F)(F)F)cc1)CC2. The summed E-state index contributed by atoms with van der Waals surface area (Å²) in [5, 5.41) is 4.09. The Kier molecular flexibility index (Phi) is 2.92. The summed E-state index contributed by atoms with van der Waals surface area (Å²) in [6.07, 6.45) is -2.72. The summed E-state index contributed by atoms with van der Waals surface area (Å²) in [5.74, 6) is 1.23. The molecule has 7 heteroatoms. The van der Waals surface area contributed by atoms with Gasteiger partial charge >= 0.3 is 6.18 Å². The van der Waals surface area contributed by atoms with Gasteiger partial charge in [-0.1, -0.05) is 12.1 Å². The van der Waals surface area contributed by atoms with Crippen molar-refractivity contribution in [2.75, 3.05) is 5.73 Å². The first-order valence-corrected chi connectivity index (χ1v) is 6.30. The highest BCUT2D eigenvalue weighted by molar-refractivity contribution is 5.28. The molecule has 3 rings (SSSR count). The summed E-state index contributed by atoms with van der Waals surface area (Å²) < 4.78 is 39.3. The van der Waals surface area contributed by atoms with E-state index in [1.807, 2.05) is 0 Å². The van der Waals surface area contributed by atoms with E-state index < -0.39 is 11.7 Å². The van der Waals surface area contributed by atoms with Gasteiger partial charge in [0, 0.05) is 18.9 Å². The van der Waals surface area contributed by atoms with E-state index in [-0.39, 0.29) is 11.9 Å². The number of nitrogens with zero attached hydrogens (tertiary/aromatic N) is 3. The second-order valence-corrected chi connectivity index (χ2v) is 4.92. The molecule has 0 spiro atoms. The van der Waals surface area contributed by atoms with E-state index in [2.05, 4.69) is 10.1 Å². The third kappa shape index (κ3) is 2.35. The number of fused-ring (bicyclic) bond motifs is 1. The smallest absolute Gasteiger partial charge is 0.366 e. The van der Waals surface area contributed by atoms with Crippen LogP contribution in [0.3, 0.4) is 0 Å². The van der Waals surface area contributed by atoms with Crippen molar-refractivity contribution in [2.24, 2.45) is 0 Å². The van der Waals surface area contributed by atoms with Gasteiger partial charge in [0.05, 0.1) is 5.56 Å². The van der Waals surface area contributed by atoms with Crippen LogP contribution in [0.2, 0.25) is 0 Å². The van der Waals surface area contributed by atoms with Crippen LogP contribution in [-0.2, 0) is 19.1 Å². The molecular weight excluding hydrogens is 269 g/mol. The predicted molar refractivity (Wildman–Crippen MR) is 66.9 cm³/mol. The predicted octanol–water partition coefficient (Wildman–Crippen LogP) is 2.61. The van der Waals surface area contributed by atoms with Crippen molar-refractivity contribution in [3.63, 3.8) is 0 Å². The number of hydrogen-bond donors (Lipinski definition) is 1. The number of nitrogens with two attached hydrogens (primary N) is 1. The molecule has 4 nitrogen and oxygen atoms in total. The average molecular weight is 282 g/mol. The van der Waals surface area contributed by atoms with E-state index in [4.69, 9.17) is 5.73 Å². The third-order valence-corrected chi connectivity index (χ3v) is 3.58. The van der Waals surface area contributed by atoms with E-state index in [1.165, 1.54) is 0 Å². The summed E-state index contributed by atoms with van der Waals surface area (Å²) in [6, 6.07) is 5.33. The summed E-state index contributed by atoms with van der Waals surface area (Å²) in [7, 11) is 0. The van der Waals surface area contributed by atoms with Crippen molar-refractivity contribution in [3.05, 3.63) is 41.2 Å². The fraction of sp³-hybridized carbons (Fsp3) is 0.385. The molecule has 1 aromatic heterocycles. The second kappa shape index (κ2) is 4.50. The maximum absolute atomic E-state index is 12.5. The molecule has 20 heavy (non-hydrogen) atoms. The number of alkyl halides is 3. The number of nitrogen functional groups attached to an aromatic ring is 1. The molecular formula is C13H13F3N4. The molecule has 0 fully saturated rings. The largest absolute Gasteiger partial charge is 0.416 e. The first-order valence-electron chi connectivity index (χ1n) is 6.30. The molecule has 106 valence electrons. The molecule has 0 bridgehead atoms. The van der Waals surface area contributed by atoms with Crippen LogP contribution in [0.15, 0.2) is 24.3 Å². The van der Waals surface area contributed by atoms with Crippen LogP contribution < -0.4 is 5.73 Å². The van der Waals surface area contributed by atoms with Gasteiger partial charge in [-0.15, -0.1) is 5.10 Å². The number of benzene rings is 1. The highest BCUT2D eigenvalue weighted by Crippen LogP contribution is 2.32. The Hall–Kier alpha value is -2.05. The number of aryl methyl sites for hydroxylation is 1. The lowest BCUT2D eigenvalue weighted by molar-refractivity contribution is -0.137. The summed E-state index contributed by atoms with van der Waals surface area (Å²) in [6.45, 7) is 0.602. The number of hydrogen-bond acceptors (Lipinski definition) is 3. The Morgan fingerprint density at radius 2 is 1.90 bits per heavy atom. The minimum Gasteiger partial charge on any atom is -0.366 e. The van der Waals surface area contributed by atoms with Gasteiger partial charge in [-0.25, -0.2) is 4.68 Å². The zero-order valence-electron chi connectivity index (χ0n) is 10.6. The van der Waals surface area contributed by atoms with Crippen molar-refractivity contribution in [1.29, 1.82) is 0 Å². The van der Waals surface area contributed by atoms with Crippen LogP contribution in [0.4, 0.5) is 19.1 Å². The molecule has 2 heterocycles.